The Morgan fingerprint density at radius 1 is 0.682 bits per heavy atom. The third kappa shape index (κ3) is 3.66. The van der Waals surface area contributed by atoms with Crippen LogP contribution in [0.5, 0.6) is 0 Å². The van der Waals surface area contributed by atoms with Crippen molar-refractivity contribution in [3.63, 3.8) is 0 Å². The van der Waals surface area contributed by atoms with Gasteiger partial charge in [0.15, 0.2) is 0 Å². The van der Waals surface area contributed by atoms with E-state index in [1.165, 1.54) is 22.3 Å². The van der Waals surface area contributed by atoms with Gasteiger partial charge in [0.2, 0.25) is 0 Å². The molecule has 3 aromatic rings. The van der Waals surface area contributed by atoms with Crippen LogP contribution < -0.4 is 0 Å². The number of allylic oxidation sites excluding steroid dienone is 1. The van der Waals surface area contributed by atoms with E-state index in [0.717, 1.165) is 11.4 Å². The lowest BCUT2D eigenvalue weighted by Gasteiger charge is -2.09. The lowest BCUT2D eigenvalue weighted by atomic mass is 9.96. The molecular formula is C21H17Cl. The van der Waals surface area contributed by atoms with Crippen LogP contribution in [-0.4, -0.2) is 0 Å². The van der Waals surface area contributed by atoms with Crippen molar-refractivity contribution >= 4 is 17.2 Å². The van der Waals surface area contributed by atoms with Gasteiger partial charge >= 0.3 is 0 Å². The molecule has 0 saturated heterocycles. The van der Waals surface area contributed by atoms with Crippen molar-refractivity contribution in [2.24, 2.45) is 0 Å². The van der Waals surface area contributed by atoms with Gasteiger partial charge < -0.3 is 0 Å². The molecule has 0 radical (unpaired) electrons. The average Bonchev–Trinajstić information content (AvgIpc) is 2.59. The fourth-order valence-electron chi connectivity index (χ4n) is 2.48. The van der Waals surface area contributed by atoms with Gasteiger partial charge in [0.1, 0.15) is 0 Å². The largest absolute Gasteiger partial charge is 0.0843 e. The smallest absolute Gasteiger partial charge is 0.0406 e. The van der Waals surface area contributed by atoms with Crippen molar-refractivity contribution in [2.75, 3.05) is 0 Å². The molecule has 0 bridgehead atoms. The first-order valence-electron chi connectivity index (χ1n) is 7.38. The number of hydrogen-bond donors (Lipinski definition) is 0. The molecule has 108 valence electrons. The Morgan fingerprint density at radius 2 is 1.18 bits per heavy atom. The summed E-state index contributed by atoms with van der Waals surface area (Å²) in [5, 5.41) is 0.777. The van der Waals surface area contributed by atoms with Crippen molar-refractivity contribution in [2.45, 2.75) is 6.42 Å². The second kappa shape index (κ2) is 7.11. The van der Waals surface area contributed by atoms with Gasteiger partial charge in [-0.1, -0.05) is 90.5 Å². The lowest BCUT2D eigenvalue weighted by molar-refractivity contribution is 1.27. The maximum absolute atomic E-state index is 5.95. The second-order valence-electron chi connectivity index (χ2n) is 5.18. The minimum Gasteiger partial charge on any atom is -0.0843 e. The van der Waals surface area contributed by atoms with E-state index in [2.05, 4.69) is 66.7 Å². The standard InChI is InChI=1S/C21H17Cl/c22-20-14-11-17(12-15-20)13-16-21(18-7-3-1-4-8-18)19-9-5-2-6-10-19/h1-12,14-16H,13H2. The van der Waals surface area contributed by atoms with Gasteiger partial charge in [-0.2, -0.15) is 0 Å². The molecule has 0 heterocycles. The Morgan fingerprint density at radius 3 is 1.68 bits per heavy atom. The summed E-state index contributed by atoms with van der Waals surface area (Å²) in [5.41, 5.74) is 5.00. The summed E-state index contributed by atoms with van der Waals surface area (Å²) in [6.45, 7) is 0. The summed E-state index contributed by atoms with van der Waals surface area (Å²) in [6.07, 6.45) is 3.17. The lowest BCUT2D eigenvalue weighted by Crippen LogP contribution is -1.90. The Hall–Kier alpha value is -2.31. The molecule has 0 aliphatic heterocycles. The molecule has 0 saturated carbocycles. The van der Waals surface area contributed by atoms with E-state index in [4.69, 9.17) is 11.6 Å². The molecule has 0 unspecified atom stereocenters. The van der Waals surface area contributed by atoms with Gasteiger partial charge in [-0.3, -0.25) is 0 Å². The fraction of sp³-hybridized carbons (Fsp3) is 0.0476. The SMILES string of the molecule is Clc1ccc(CC=C(c2ccccc2)c2ccccc2)cc1. The van der Waals surface area contributed by atoms with E-state index < -0.39 is 0 Å². The van der Waals surface area contributed by atoms with Crippen LogP contribution in [0.1, 0.15) is 16.7 Å². The van der Waals surface area contributed by atoms with Crippen molar-refractivity contribution < 1.29 is 0 Å². The van der Waals surface area contributed by atoms with Gasteiger partial charge in [-0.25, -0.2) is 0 Å². The molecule has 3 rings (SSSR count). The molecule has 0 atom stereocenters. The highest BCUT2D eigenvalue weighted by atomic mass is 35.5. The van der Waals surface area contributed by atoms with Crippen LogP contribution in [0.2, 0.25) is 5.02 Å². The summed E-state index contributed by atoms with van der Waals surface area (Å²) in [7, 11) is 0. The number of hydrogen-bond acceptors (Lipinski definition) is 0. The van der Waals surface area contributed by atoms with Gasteiger partial charge in [-0.15, -0.1) is 0 Å². The summed E-state index contributed by atoms with van der Waals surface area (Å²) >= 11 is 5.95. The van der Waals surface area contributed by atoms with Crippen molar-refractivity contribution in [3.8, 4) is 0 Å². The molecule has 0 amide bonds. The summed E-state index contributed by atoms with van der Waals surface area (Å²) < 4.78 is 0. The van der Waals surface area contributed by atoms with Crippen LogP contribution in [0.15, 0.2) is 91.0 Å². The van der Waals surface area contributed by atoms with E-state index in [9.17, 15) is 0 Å². The summed E-state index contributed by atoms with van der Waals surface area (Å²) in [6, 6.07) is 29.1. The van der Waals surface area contributed by atoms with Gasteiger partial charge in [-0.05, 0) is 40.8 Å². The first kappa shape index (κ1) is 14.6. The first-order valence-corrected chi connectivity index (χ1v) is 7.76. The number of halogens is 1. The molecule has 0 fully saturated rings. The van der Waals surface area contributed by atoms with Crippen LogP contribution in [-0.2, 0) is 6.42 Å². The molecular weight excluding hydrogens is 288 g/mol. The van der Waals surface area contributed by atoms with E-state index in [1.807, 2.05) is 24.3 Å². The highest BCUT2D eigenvalue weighted by Crippen LogP contribution is 2.24. The quantitative estimate of drug-likeness (QED) is 0.553. The zero-order valence-corrected chi connectivity index (χ0v) is 13.0. The monoisotopic (exact) mass is 304 g/mol. The summed E-state index contributed by atoms with van der Waals surface area (Å²) in [5.74, 6) is 0. The molecule has 0 aliphatic rings. The van der Waals surface area contributed by atoms with Gasteiger partial charge in [0.05, 0.1) is 0 Å². The van der Waals surface area contributed by atoms with Gasteiger partial charge in [0, 0.05) is 5.02 Å². The predicted molar refractivity (Wildman–Crippen MR) is 95.1 cm³/mol. The maximum Gasteiger partial charge on any atom is 0.0406 e. The van der Waals surface area contributed by atoms with E-state index >= 15 is 0 Å². The Labute approximate surface area is 136 Å². The topological polar surface area (TPSA) is 0 Å². The van der Waals surface area contributed by atoms with Crippen LogP contribution in [0.4, 0.5) is 0 Å². The third-order valence-electron chi connectivity index (χ3n) is 3.62. The predicted octanol–water partition coefficient (Wildman–Crippen LogP) is 6.01. The first-order chi connectivity index (χ1) is 10.8. The molecule has 22 heavy (non-hydrogen) atoms. The summed E-state index contributed by atoms with van der Waals surface area (Å²) in [4.78, 5) is 0. The van der Waals surface area contributed by atoms with Gasteiger partial charge in [0.25, 0.3) is 0 Å². The minimum atomic E-state index is 0.777. The molecule has 3 aromatic carbocycles. The zero-order chi connectivity index (χ0) is 15.2. The zero-order valence-electron chi connectivity index (χ0n) is 12.2. The average molecular weight is 305 g/mol. The molecule has 0 aliphatic carbocycles. The normalized spacial score (nSPS) is 10.2. The molecule has 0 N–H and O–H groups in total. The minimum absolute atomic E-state index is 0.777. The van der Waals surface area contributed by atoms with Crippen LogP contribution in [0.25, 0.3) is 5.57 Å². The molecule has 0 spiro atoms. The Kier molecular flexibility index (Phi) is 4.72. The molecule has 1 heteroatoms. The second-order valence-corrected chi connectivity index (χ2v) is 5.62. The van der Waals surface area contributed by atoms with Crippen LogP contribution in [0.3, 0.4) is 0 Å². The van der Waals surface area contributed by atoms with Crippen LogP contribution >= 0.6 is 11.6 Å². The van der Waals surface area contributed by atoms with E-state index in [-0.39, 0.29) is 0 Å². The van der Waals surface area contributed by atoms with Crippen molar-refractivity contribution in [3.05, 3.63) is 113 Å². The Balaban J connectivity index is 1.95. The highest BCUT2D eigenvalue weighted by Gasteiger charge is 2.04. The van der Waals surface area contributed by atoms with E-state index in [0.29, 0.717) is 0 Å². The van der Waals surface area contributed by atoms with E-state index in [1.54, 1.807) is 0 Å². The van der Waals surface area contributed by atoms with Crippen molar-refractivity contribution in [1.82, 2.24) is 0 Å². The third-order valence-corrected chi connectivity index (χ3v) is 3.88. The van der Waals surface area contributed by atoms with Crippen LogP contribution in [0, 0.1) is 0 Å². The fourth-order valence-corrected chi connectivity index (χ4v) is 2.60. The number of rotatable bonds is 4. The highest BCUT2D eigenvalue weighted by molar-refractivity contribution is 6.30. The Bertz CT molecular complexity index is 699. The molecule has 0 nitrogen and oxygen atoms in total. The number of benzene rings is 3. The molecule has 0 aromatic heterocycles. The van der Waals surface area contributed by atoms with Crippen molar-refractivity contribution in [1.29, 1.82) is 0 Å². The maximum atomic E-state index is 5.95.